The number of hydrogen-bond acceptors (Lipinski definition) is 2. The zero-order valence-corrected chi connectivity index (χ0v) is 15.6. The predicted molar refractivity (Wildman–Crippen MR) is 106 cm³/mol. The van der Waals surface area contributed by atoms with Crippen molar-refractivity contribution in [2.45, 2.75) is 32.2 Å². The van der Waals surface area contributed by atoms with E-state index >= 15 is 0 Å². The van der Waals surface area contributed by atoms with E-state index in [4.69, 9.17) is 0 Å². The van der Waals surface area contributed by atoms with Gasteiger partial charge in [0.2, 0.25) is 0 Å². The van der Waals surface area contributed by atoms with E-state index < -0.39 is 0 Å². The standard InChI is InChI=1S/C22H27N3O/c1-16-8-9-21(17(2)14-16)24-10-12-25(13-11-24)22(26)23-20-15-19(20)18-6-4-3-5-7-18/h3-9,14,19-20H,10-13,15H2,1-2H3,(H,23,26). The summed E-state index contributed by atoms with van der Waals surface area (Å²) >= 11 is 0. The fourth-order valence-electron chi connectivity index (χ4n) is 3.98. The van der Waals surface area contributed by atoms with Gasteiger partial charge >= 0.3 is 6.03 Å². The van der Waals surface area contributed by atoms with Crippen molar-refractivity contribution in [3.63, 3.8) is 0 Å². The van der Waals surface area contributed by atoms with Crippen molar-refractivity contribution in [1.82, 2.24) is 10.2 Å². The number of amides is 2. The van der Waals surface area contributed by atoms with Gasteiger partial charge in [0.1, 0.15) is 0 Å². The Morgan fingerprint density at radius 2 is 1.73 bits per heavy atom. The molecular weight excluding hydrogens is 322 g/mol. The molecule has 26 heavy (non-hydrogen) atoms. The van der Waals surface area contributed by atoms with Crippen LogP contribution in [0.4, 0.5) is 10.5 Å². The predicted octanol–water partition coefficient (Wildman–Crippen LogP) is 3.69. The number of piperazine rings is 1. The molecule has 2 amide bonds. The SMILES string of the molecule is Cc1ccc(N2CCN(C(=O)NC3CC3c3ccccc3)CC2)c(C)c1. The molecule has 2 fully saturated rings. The second kappa shape index (κ2) is 7.02. The molecule has 1 aliphatic heterocycles. The molecule has 1 saturated heterocycles. The number of rotatable bonds is 3. The largest absolute Gasteiger partial charge is 0.368 e. The molecule has 1 N–H and O–H groups in total. The number of benzene rings is 2. The molecule has 4 heteroatoms. The summed E-state index contributed by atoms with van der Waals surface area (Å²) < 4.78 is 0. The van der Waals surface area contributed by atoms with Gasteiger partial charge in [0.15, 0.2) is 0 Å². The third kappa shape index (κ3) is 3.55. The molecule has 4 nitrogen and oxygen atoms in total. The average Bonchev–Trinajstić information content (AvgIpc) is 3.42. The molecule has 2 aliphatic rings. The van der Waals surface area contributed by atoms with Crippen LogP contribution in [0.15, 0.2) is 48.5 Å². The van der Waals surface area contributed by atoms with E-state index in [9.17, 15) is 4.79 Å². The van der Waals surface area contributed by atoms with Gasteiger partial charge in [0.25, 0.3) is 0 Å². The van der Waals surface area contributed by atoms with Gasteiger partial charge in [-0.15, -0.1) is 0 Å². The summed E-state index contributed by atoms with van der Waals surface area (Å²) in [5.41, 5.74) is 5.23. The summed E-state index contributed by atoms with van der Waals surface area (Å²) in [4.78, 5) is 16.9. The zero-order chi connectivity index (χ0) is 18.1. The van der Waals surface area contributed by atoms with Crippen LogP contribution < -0.4 is 10.2 Å². The van der Waals surface area contributed by atoms with Crippen molar-refractivity contribution in [1.29, 1.82) is 0 Å². The van der Waals surface area contributed by atoms with E-state index in [-0.39, 0.29) is 6.03 Å². The maximum absolute atomic E-state index is 12.6. The van der Waals surface area contributed by atoms with Crippen LogP contribution in [0.2, 0.25) is 0 Å². The lowest BCUT2D eigenvalue weighted by molar-refractivity contribution is 0.193. The molecule has 0 aromatic heterocycles. The Morgan fingerprint density at radius 3 is 2.42 bits per heavy atom. The molecule has 4 rings (SSSR count). The lowest BCUT2D eigenvalue weighted by atomic mass is 10.1. The van der Waals surface area contributed by atoms with E-state index in [2.05, 4.69) is 66.5 Å². The van der Waals surface area contributed by atoms with Crippen LogP contribution in [0.5, 0.6) is 0 Å². The first-order valence-corrected chi connectivity index (χ1v) is 9.54. The highest BCUT2D eigenvalue weighted by Gasteiger charge is 2.40. The highest BCUT2D eigenvalue weighted by Crippen LogP contribution is 2.40. The normalized spacial score (nSPS) is 22.2. The Balaban J connectivity index is 1.29. The van der Waals surface area contributed by atoms with Gasteiger partial charge in [-0.05, 0) is 37.5 Å². The van der Waals surface area contributed by atoms with Crippen LogP contribution in [0, 0.1) is 13.8 Å². The van der Waals surface area contributed by atoms with Crippen molar-refractivity contribution in [3.05, 3.63) is 65.2 Å². The Morgan fingerprint density at radius 1 is 1.00 bits per heavy atom. The highest BCUT2D eigenvalue weighted by atomic mass is 16.2. The molecule has 0 radical (unpaired) electrons. The number of anilines is 1. The molecular formula is C22H27N3O. The van der Waals surface area contributed by atoms with Crippen molar-refractivity contribution in [2.24, 2.45) is 0 Å². The van der Waals surface area contributed by atoms with E-state index in [1.807, 2.05) is 11.0 Å². The third-order valence-corrected chi connectivity index (χ3v) is 5.59. The monoisotopic (exact) mass is 349 g/mol. The first-order chi connectivity index (χ1) is 12.6. The lowest BCUT2D eigenvalue weighted by Gasteiger charge is -2.36. The minimum absolute atomic E-state index is 0.0914. The van der Waals surface area contributed by atoms with Gasteiger partial charge in [-0.2, -0.15) is 0 Å². The quantitative estimate of drug-likeness (QED) is 0.917. The van der Waals surface area contributed by atoms with Crippen LogP contribution in [0.3, 0.4) is 0 Å². The molecule has 2 atom stereocenters. The van der Waals surface area contributed by atoms with Crippen LogP contribution in [0.25, 0.3) is 0 Å². The number of hydrogen-bond donors (Lipinski definition) is 1. The van der Waals surface area contributed by atoms with E-state index in [0.717, 1.165) is 32.6 Å². The molecule has 2 aromatic rings. The molecule has 1 saturated carbocycles. The summed E-state index contributed by atoms with van der Waals surface area (Å²) in [6, 6.07) is 17.5. The number of aryl methyl sites for hydroxylation is 2. The number of carbonyl (C=O) groups excluding carboxylic acids is 1. The molecule has 0 spiro atoms. The first-order valence-electron chi connectivity index (χ1n) is 9.54. The van der Waals surface area contributed by atoms with Gasteiger partial charge in [-0.1, -0.05) is 48.0 Å². The van der Waals surface area contributed by atoms with Gasteiger partial charge < -0.3 is 15.1 Å². The molecule has 2 aromatic carbocycles. The Labute approximate surface area is 155 Å². The van der Waals surface area contributed by atoms with Crippen LogP contribution >= 0.6 is 0 Å². The first kappa shape index (κ1) is 17.0. The smallest absolute Gasteiger partial charge is 0.317 e. The molecule has 1 aliphatic carbocycles. The number of nitrogens with one attached hydrogen (secondary N) is 1. The Kier molecular flexibility index (Phi) is 4.58. The summed E-state index contributed by atoms with van der Waals surface area (Å²) in [6.45, 7) is 7.63. The van der Waals surface area contributed by atoms with Crippen molar-refractivity contribution in [2.75, 3.05) is 31.1 Å². The van der Waals surface area contributed by atoms with Crippen LogP contribution in [0.1, 0.15) is 29.0 Å². The van der Waals surface area contributed by atoms with Crippen LogP contribution in [-0.2, 0) is 0 Å². The van der Waals surface area contributed by atoms with Gasteiger partial charge in [0, 0.05) is 43.8 Å². The maximum Gasteiger partial charge on any atom is 0.317 e. The number of nitrogens with zero attached hydrogens (tertiary/aromatic N) is 2. The summed E-state index contributed by atoms with van der Waals surface area (Å²) in [5.74, 6) is 0.483. The third-order valence-electron chi connectivity index (χ3n) is 5.59. The highest BCUT2D eigenvalue weighted by molar-refractivity contribution is 5.75. The molecule has 136 valence electrons. The number of urea groups is 1. The van der Waals surface area contributed by atoms with Crippen molar-refractivity contribution >= 4 is 11.7 Å². The molecule has 1 heterocycles. The molecule has 0 bridgehead atoms. The zero-order valence-electron chi connectivity index (χ0n) is 15.6. The van der Waals surface area contributed by atoms with Gasteiger partial charge in [-0.25, -0.2) is 4.79 Å². The minimum Gasteiger partial charge on any atom is -0.368 e. The molecule has 2 unspecified atom stereocenters. The van der Waals surface area contributed by atoms with Gasteiger partial charge in [0.05, 0.1) is 0 Å². The maximum atomic E-state index is 12.6. The summed E-state index contributed by atoms with van der Waals surface area (Å²) in [6.07, 6.45) is 1.05. The van der Waals surface area contributed by atoms with Crippen molar-refractivity contribution < 1.29 is 4.79 Å². The average molecular weight is 349 g/mol. The summed E-state index contributed by atoms with van der Waals surface area (Å²) in [7, 11) is 0. The Bertz CT molecular complexity index is 781. The second-order valence-electron chi connectivity index (χ2n) is 7.57. The Hall–Kier alpha value is -2.49. The lowest BCUT2D eigenvalue weighted by Crippen LogP contribution is -2.52. The van der Waals surface area contributed by atoms with Gasteiger partial charge in [-0.3, -0.25) is 0 Å². The fourth-order valence-corrected chi connectivity index (χ4v) is 3.98. The topological polar surface area (TPSA) is 35.6 Å². The van der Waals surface area contributed by atoms with Crippen molar-refractivity contribution in [3.8, 4) is 0 Å². The minimum atomic E-state index is 0.0914. The fraction of sp³-hybridized carbons (Fsp3) is 0.409. The van der Waals surface area contributed by atoms with E-state index in [1.54, 1.807) is 0 Å². The van der Waals surface area contributed by atoms with E-state index in [0.29, 0.717) is 12.0 Å². The van der Waals surface area contributed by atoms with Crippen LogP contribution in [-0.4, -0.2) is 43.2 Å². The number of carbonyl (C=O) groups is 1. The van der Waals surface area contributed by atoms with E-state index in [1.165, 1.54) is 22.4 Å². The summed E-state index contributed by atoms with van der Waals surface area (Å²) in [5, 5.41) is 3.21. The second-order valence-corrected chi connectivity index (χ2v) is 7.57.